The van der Waals surface area contributed by atoms with Crippen molar-refractivity contribution >= 4 is 33.5 Å². The molecular weight excluding hydrogens is 494 g/mol. The number of hydrogen-bond donors (Lipinski definition) is 1. The molecule has 1 heterocycles. The first-order chi connectivity index (χ1) is 17.3. The van der Waals surface area contributed by atoms with Crippen molar-refractivity contribution < 1.29 is 23.8 Å². The first-order valence-corrected chi connectivity index (χ1v) is 15.3. The van der Waals surface area contributed by atoms with Crippen LogP contribution < -0.4 is 14.8 Å². The Morgan fingerprint density at radius 1 is 1.14 bits per heavy atom. The van der Waals surface area contributed by atoms with Crippen molar-refractivity contribution in [3.05, 3.63) is 35.9 Å². The molecule has 1 N–H and O–H groups in total. The minimum Gasteiger partial charge on any atom is -0.493 e. The van der Waals surface area contributed by atoms with E-state index in [9.17, 15) is 9.59 Å². The lowest BCUT2D eigenvalue weighted by atomic mass is 9.99. The molecule has 1 amide bonds. The Morgan fingerprint density at radius 2 is 1.94 bits per heavy atom. The van der Waals surface area contributed by atoms with E-state index in [-0.39, 0.29) is 18.7 Å². The van der Waals surface area contributed by atoms with E-state index in [0.29, 0.717) is 41.6 Å². The molecule has 1 aromatic carbocycles. The van der Waals surface area contributed by atoms with Gasteiger partial charge in [0.1, 0.15) is 0 Å². The molecule has 1 saturated heterocycles. The highest BCUT2D eigenvalue weighted by atomic mass is 33.1. The van der Waals surface area contributed by atoms with Gasteiger partial charge in [0.15, 0.2) is 11.5 Å². The van der Waals surface area contributed by atoms with E-state index in [0.717, 1.165) is 44.1 Å². The number of allylic oxidation sites excluding steroid dienone is 2. The number of esters is 1. The monoisotopic (exact) mass is 537 g/mol. The molecule has 36 heavy (non-hydrogen) atoms. The highest BCUT2D eigenvalue weighted by Gasteiger charge is 2.29. The summed E-state index contributed by atoms with van der Waals surface area (Å²) in [6.07, 6.45) is 12.5. The molecule has 2 rings (SSSR count). The van der Waals surface area contributed by atoms with Crippen LogP contribution in [-0.2, 0) is 20.9 Å². The van der Waals surface area contributed by atoms with Crippen molar-refractivity contribution in [3.8, 4) is 11.5 Å². The minimum absolute atomic E-state index is 0.0454. The second kappa shape index (κ2) is 16.8. The number of nitrogens with one attached hydrogen (secondary N) is 1. The van der Waals surface area contributed by atoms with Gasteiger partial charge in [0, 0.05) is 29.9 Å². The molecule has 1 fully saturated rings. The fraction of sp³-hybridized carbons (Fsp3) is 0.643. The maximum atomic E-state index is 12.1. The summed E-state index contributed by atoms with van der Waals surface area (Å²) in [6.45, 7) is 6.90. The molecule has 1 aliphatic rings. The first kappa shape index (κ1) is 30.4. The first-order valence-electron chi connectivity index (χ1n) is 13.0. The van der Waals surface area contributed by atoms with Gasteiger partial charge in [0.05, 0.1) is 7.11 Å². The van der Waals surface area contributed by atoms with E-state index in [2.05, 4.69) is 38.2 Å². The Labute approximate surface area is 225 Å². The van der Waals surface area contributed by atoms with Crippen LogP contribution in [0.4, 0.5) is 0 Å². The molecule has 1 atom stereocenters. The summed E-state index contributed by atoms with van der Waals surface area (Å²) >= 11 is 0. The number of methoxy groups -OCH3 is 1. The van der Waals surface area contributed by atoms with Crippen LogP contribution >= 0.6 is 21.6 Å². The van der Waals surface area contributed by atoms with E-state index in [4.69, 9.17) is 14.2 Å². The lowest BCUT2D eigenvalue weighted by Gasteiger charge is -2.20. The number of carbonyl (C=O) groups excluding carboxylic acids is 2. The van der Waals surface area contributed by atoms with E-state index >= 15 is 0 Å². The third kappa shape index (κ3) is 12.4. The Balaban J connectivity index is 1.62. The molecule has 8 heteroatoms. The summed E-state index contributed by atoms with van der Waals surface area (Å²) in [5, 5.41) is 2.96. The molecule has 202 valence electrons. The maximum Gasteiger partial charge on any atom is 0.308 e. The number of benzene rings is 1. The topological polar surface area (TPSA) is 73.9 Å². The zero-order valence-electron chi connectivity index (χ0n) is 22.3. The molecule has 0 unspecified atom stereocenters. The van der Waals surface area contributed by atoms with Crippen LogP contribution in [0.3, 0.4) is 0 Å². The van der Waals surface area contributed by atoms with E-state index in [1.807, 2.05) is 33.7 Å². The second-order valence-corrected chi connectivity index (χ2v) is 12.8. The fourth-order valence-electron chi connectivity index (χ4n) is 3.80. The summed E-state index contributed by atoms with van der Waals surface area (Å²) < 4.78 is 16.6. The van der Waals surface area contributed by atoms with Gasteiger partial charge in [-0.3, -0.25) is 9.59 Å². The van der Waals surface area contributed by atoms with Gasteiger partial charge in [-0.15, -0.1) is 0 Å². The molecule has 1 aliphatic heterocycles. The number of hydrogen-bond acceptors (Lipinski definition) is 7. The number of ether oxygens (including phenoxy) is 3. The average molecular weight is 538 g/mol. The van der Waals surface area contributed by atoms with Crippen LogP contribution in [0, 0.1) is 5.92 Å². The van der Waals surface area contributed by atoms with Gasteiger partial charge in [0.25, 0.3) is 0 Å². The number of amides is 1. The summed E-state index contributed by atoms with van der Waals surface area (Å²) in [4.78, 5) is 24.2. The van der Waals surface area contributed by atoms with Crippen LogP contribution in [0.15, 0.2) is 30.4 Å². The van der Waals surface area contributed by atoms with E-state index < -0.39 is 0 Å². The molecule has 0 aliphatic carbocycles. The highest BCUT2D eigenvalue weighted by molar-refractivity contribution is 8.77. The van der Waals surface area contributed by atoms with Gasteiger partial charge in [-0.25, -0.2) is 0 Å². The van der Waals surface area contributed by atoms with E-state index in [1.54, 1.807) is 13.2 Å². The van der Waals surface area contributed by atoms with Crippen LogP contribution in [0.1, 0.15) is 84.1 Å². The molecule has 0 saturated carbocycles. The second-order valence-electron chi connectivity index (χ2n) is 9.77. The predicted molar refractivity (Wildman–Crippen MR) is 150 cm³/mol. The van der Waals surface area contributed by atoms with Crippen molar-refractivity contribution in [2.75, 3.05) is 19.7 Å². The smallest absolute Gasteiger partial charge is 0.308 e. The number of carbonyl (C=O) groups is 2. The van der Waals surface area contributed by atoms with Crippen LogP contribution in [-0.4, -0.2) is 36.3 Å². The largest absolute Gasteiger partial charge is 0.493 e. The number of unbranched alkanes of at least 4 members (excludes halogenated alkanes) is 3. The minimum atomic E-state index is -0.247. The summed E-state index contributed by atoms with van der Waals surface area (Å²) in [7, 11) is 5.48. The zero-order valence-corrected chi connectivity index (χ0v) is 23.9. The number of rotatable bonds is 17. The van der Waals surface area contributed by atoms with Crippen LogP contribution in [0.5, 0.6) is 11.5 Å². The van der Waals surface area contributed by atoms with Gasteiger partial charge in [0.2, 0.25) is 12.7 Å². The molecule has 1 aromatic rings. The van der Waals surface area contributed by atoms with Gasteiger partial charge in [-0.05, 0) is 69.1 Å². The standard InChI is InChI=1S/C28H43NO5S2/c1-22(2)11-7-5-6-8-12-26(30)29-20-23-14-15-24(25(19-23)32-4)33-21-34-27(31)13-9-10-16-28(3)17-18-35-36-28/h7,11,14-15,19,22H,5-6,8-10,12-13,16-18,20-21H2,1-4H3,(H,29,30)/b11-7+/t28-/m1/s1. The van der Waals surface area contributed by atoms with Crippen molar-refractivity contribution in [2.45, 2.75) is 89.9 Å². The normalized spacial score (nSPS) is 17.5. The SMILES string of the molecule is COc1cc(CNC(=O)CCCC/C=C/C(C)C)ccc1OCOC(=O)CCCC[C@]1(C)CCSS1. The quantitative estimate of drug-likeness (QED) is 0.0749. The summed E-state index contributed by atoms with van der Waals surface area (Å²) in [5.74, 6) is 2.62. The van der Waals surface area contributed by atoms with Crippen molar-refractivity contribution in [2.24, 2.45) is 5.92 Å². The Hall–Kier alpha value is -1.80. The van der Waals surface area contributed by atoms with Gasteiger partial charge < -0.3 is 19.5 Å². The highest BCUT2D eigenvalue weighted by Crippen LogP contribution is 2.49. The maximum absolute atomic E-state index is 12.1. The van der Waals surface area contributed by atoms with Gasteiger partial charge in [-0.2, -0.15) is 0 Å². The average Bonchev–Trinajstić information content (AvgIpc) is 3.29. The Morgan fingerprint density at radius 3 is 2.67 bits per heavy atom. The van der Waals surface area contributed by atoms with Crippen molar-refractivity contribution in [3.63, 3.8) is 0 Å². The summed E-state index contributed by atoms with van der Waals surface area (Å²) in [5.41, 5.74) is 0.914. The molecule has 0 aromatic heterocycles. The Bertz CT molecular complexity index is 837. The van der Waals surface area contributed by atoms with Crippen molar-refractivity contribution in [1.29, 1.82) is 0 Å². The van der Waals surface area contributed by atoms with Gasteiger partial charge >= 0.3 is 5.97 Å². The molecule has 0 spiro atoms. The van der Waals surface area contributed by atoms with E-state index in [1.165, 1.54) is 12.2 Å². The van der Waals surface area contributed by atoms with Gasteiger partial charge in [-0.1, -0.05) is 60.1 Å². The molecule has 0 radical (unpaired) electrons. The van der Waals surface area contributed by atoms with Crippen LogP contribution in [0.25, 0.3) is 0 Å². The third-order valence-corrected chi connectivity index (χ3v) is 9.37. The zero-order chi connectivity index (χ0) is 26.2. The molecule has 0 bridgehead atoms. The lowest BCUT2D eigenvalue weighted by molar-refractivity contribution is -0.150. The Kier molecular flexibility index (Phi) is 14.2. The van der Waals surface area contributed by atoms with Crippen molar-refractivity contribution in [1.82, 2.24) is 5.32 Å². The molecular formula is C28H43NO5S2. The molecule has 6 nitrogen and oxygen atoms in total. The van der Waals surface area contributed by atoms with Crippen LogP contribution in [0.2, 0.25) is 0 Å². The third-order valence-electron chi connectivity index (χ3n) is 6.01. The lowest BCUT2D eigenvalue weighted by Crippen LogP contribution is -2.22. The summed E-state index contributed by atoms with van der Waals surface area (Å²) in [6, 6.07) is 5.47. The fourth-order valence-corrected chi connectivity index (χ4v) is 7.09. The predicted octanol–water partition coefficient (Wildman–Crippen LogP) is 7.07.